The lowest BCUT2D eigenvalue weighted by Gasteiger charge is -2.08. The number of para-hydroxylation sites is 1. The summed E-state index contributed by atoms with van der Waals surface area (Å²) in [6.45, 7) is 4.06. The maximum atomic E-state index is 5.88. The summed E-state index contributed by atoms with van der Waals surface area (Å²) in [5, 5.41) is 7.40. The molecule has 0 aliphatic heterocycles. The van der Waals surface area contributed by atoms with Crippen molar-refractivity contribution in [3.05, 3.63) is 35.2 Å². The van der Waals surface area contributed by atoms with Crippen LogP contribution in [-0.2, 0) is 6.61 Å². The van der Waals surface area contributed by atoms with E-state index in [1.165, 1.54) is 0 Å². The summed E-state index contributed by atoms with van der Waals surface area (Å²) < 4.78 is 10.1. The summed E-state index contributed by atoms with van der Waals surface area (Å²) in [6.07, 6.45) is 0. The Kier molecular flexibility index (Phi) is 2.76. The number of benzene rings is 1. The molecule has 0 aliphatic rings. The molecule has 16 heavy (non-hydrogen) atoms. The quantitative estimate of drug-likeness (QED) is 0.797. The van der Waals surface area contributed by atoms with Gasteiger partial charge in [0.2, 0.25) is 0 Å². The molecule has 0 atom stereocenters. The summed E-state index contributed by atoms with van der Waals surface area (Å²) >= 11 is 0. The lowest BCUT2D eigenvalue weighted by atomic mass is 10.2. The van der Waals surface area contributed by atoms with Gasteiger partial charge in [0.25, 0.3) is 0 Å². The number of aromatic nitrogens is 2. The summed E-state index contributed by atoms with van der Waals surface area (Å²) in [6, 6.07) is 5.66. The maximum Gasteiger partial charge on any atom is 0.145 e. The number of nitrogens with zero attached hydrogens (tertiary/aromatic N) is 2. The fraction of sp³-hybridized carbons (Fsp3) is 0.273. The van der Waals surface area contributed by atoms with Crippen LogP contribution in [-0.4, -0.2) is 10.3 Å². The van der Waals surface area contributed by atoms with Crippen molar-refractivity contribution in [1.29, 1.82) is 0 Å². The minimum atomic E-state index is 0.309. The van der Waals surface area contributed by atoms with Crippen LogP contribution in [0, 0.1) is 13.8 Å². The Morgan fingerprint density at radius 3 is 2.81 bits per heavy atom. The van der Waals surface area contributed by atoms with Gasteiger partial charge in [-0.1, -0.05) is 22.4 Å². The Labute approximate surface area is 93.2 Å². The van der Waals surface area contributed by atoms with Gasteiger partial charge in [-0.05, 0) is 25.5 Å². The molecule has 0 radical (unpaired) electrons. The van der Waals surface area contributed by atoms with Crippen LogP contribution in [0.1, 0.15) is 17.0 Å². The van der Waals surface area contributed by atoms with Crippen molar-refractivity contribution in [2.75, 3.05) is 5.73 Å². The van der Waals surface area contributed by atoms with Crippen LogP contribution in [0.15, 0.2) is 22.8 Å². The molecule has 0 spiro atoms. The Hall–Kier alpha value is -2.04. The van der Waals surface area contributed by atoms with Crippen LogP contribution in [0.2, 0.25) is 0 Å². The minimum absolute atomic E-state index is 0.309. The van der Waals surface area contributed by atoms with Crippen molar-refractivity contribution in [3.8, 4) is 5.75 Å². The van der Waals surface area contributed by atoms with Gasteiger partial charge in [0, 0.05) is 0 Å². The molecule has 2 aromatic rings. The van der Waals surface area contributed by atoms with Gasteiger partial charge in [-0.25, -0.2) is 4.63 Å². The molecular formula is C11H13N3O2. The molecule has 5 heteroatoms. The number of anilines is 1. The lowest BCUT2D eigenvalue weighted by molar-refractivity contribution is 0.271. The summed E-state index contributed by atoms with van der Waals surface area (Å²) in [5.41, 5.74) is 8.93. The first-order valence-electron chi connectivity index (χ1n) is 4.94. The monoisotopic (exact) mass is 219 g/mol. The predicted octanol–water partition coefficient (Wildman–Crippen LogP) is 1.85. The molecule has 0 fully saturated rings. The third kappa shape index (κ3) is 1.98. The van der Waals surface area contributed by atoms with Gasteiger partial charge in [0.15, 0.2) is 0 Å². The largest absolute Gasteiger partial charge is 0.485 e. The van der Waals surface area contributed by atoms with Crippen LogP contribution in [0.4, 0.5) is 5.69 Å². The molecular weight excluding hydrogens is 206 g/mol. The average Bonchev–Trinajstić information content (AvgIpc) is 2.67. The SMILES string of the molecule is Cc1cccc(OCc2nonc2C)c1N. The topological polar surface area (TPSA) is 74.2 Å². The Morgan fingerprint density at radius 1 is 1.31 bits per heavy atom. The average molecular weight is 219 g/mol. The van der Waals surface area contributed by atoms with Gasteiger partial charge < -0.3 is 10.5 Å². The number of ether oxygens (including phenoxy) is 1. The zero-order chi connectivity index (χ0) is 11.5. The molecule has 0 amide bonds. The smallest absolute Gasteiger partial charge is 0.145 e. The van der Waals surface area contributed by atoms with Crippen LogP contribution in [0.25, 0.3) is 0 Å². The molecule has 0 unspecified atom stereocenters. The van der Waals surface area contributed by atoms with Crippen molar-refractivity contribution in [2.24, 2.45) is 0 Å². The Morgan fingerprint density at radius 2 is 2.12 bits per heavy atom. The summed E-state index contributed by atoms with van der Waals surface area (Å²) in [4.78, 5) is 0. The van der Waals surface area contributed by atoms with Crippen molar-refractivity contribution in [1.82, 2.24) is 10.3 Å². The van der Waals surface area contributed by atoms with Crippen molar-refractivity contribution < 1.29 is 9.37 Å². The number of hydrogen-bond acceptors (Lipinski definition) is 5. The van der Waals surface area contributed by atoms with Gasteiger partial charge in [-0.15, -0.1) is 0 Å². The maximum absolute atomic E-state index is 5.88. The van der Waals surface area contributed by atoms with Crippen molar-refractivity contribution >= 4 is 5.69 Å². The standard InChI is InChI=1S/C11H13N3O2/c1-7-4-3-5-10(11(7)12)15-6-9-8(2)13-16-14-9/h3-5H,6,12H2,1-2H3. The highest BCUT2D eigenvalue weighted by Gasteiger charge is 2.08. The van der Waals surface area contributed by atoms with Gasteiger partial charge >= 0.3 is 0 Å². The van der Waals surface area contributed by atoms with E-state index < -0.39 is 0 Å². The molecule has 1 heterocycles. The van der Waals surface area contributed by atoms with Gasteiger partial charge in [-0.2, -0.15) is 0 Å². The molecule has 2 N–H and O–H groups in total. The highest BCUT2D eigenvalue weighted by molar-refractivity contribution is 5.57. The fourth-order valence-corrected chi connectivity index (χ4v) is 1.31. The van der Waals surface area contributed by atoms with E-state index in [1.54, 1.807) is 0 Å². The van der Waals surface area contributed by atoms with E-state index in [-0.39, 0.29) is 0 Å². The van der Waals surface area contributed by atoms with E-state index in [9.17, 15) is 0 Å². The summed E-state index contributed by atoms with van der Waals surface area (Å²) in [7, 11) is 0. The number of nitrogens with two attached hydrogens (primary N) is 1. The summed E-state index contributed by atoms with van der Waals surface area (Å²) in [5.74, 6) is 0.655. The highest BCUT2D eigenvalue weighted by Crippen LogP contribution is 2.25. The third-order valence-corrected chi connectivity index (χ3v) is 2.39. The zero-order valence-corrected chi connectivity index (χ0v) is 9.23. The highest BCUT2D eigenvalue weighted by atomic mass is 16.6. The van der Waals surface area contributed by atoms with Gasteiger partial charge in [-0.3, -0.25) is 0 Å². The molecule has 1 aromatic heterocycles. The van der Waals surface area contributed by atoms with Crippen molar-refractivity contribution in [2.45, 2.75) is 20.5 Å². The van der Waals surface area contributed by atoms with Crippen LogP contribution in [0.3, 0.4) is 0 Å². The number of aryl methyl sites for hydroxylation is 2. The zero-order valence-electron chi connectivity index (χ0n) is 9.23. The minimum Gasteiger partial charge on any atom is -0.485 e. The molecule has 1 aromatic carbocycles. The Balaban J connectivity index is 2.11. The second kappa shape index (κ2) is 4.22. The van der Waals surface area contributed by atoms with Crippen molar-refractivity contribution in [3.63, 3.8) is 0 Å². The second-order valence-corrected chi connectivity index (χ2v) is 3.57. The number of rotatable bonds is 3. The molecule has 0 saturated carbocycles. The van der Waals surface area contributed by atoms with E-state index in [4.69, 9.17) is 10.5 Å². The Bertz CT molecular complexity index is 494. The third-order valence-electron chi connectivity index (χ3n) is 2.39. The van der Waals surface area contributed by atoms with Crippen LogP contribution in [0.5, 0.6) is 5.75 Å². The van der Waals surface area contributed by atoms with E-state index in [1.807, 2.05) is 32.0 Å². The molecule has 2 rings (SSSR count). The first-order valence-corrected chi connectivity index (χ1v) is 4.94. The lowest BCUT2D eigenvalue weighted by Crippen LogP contribution is -2.01. The van der Waals surface area contributed by atoms with Crippen LogP contribution < -0.4 is 10.5 Å². The van der Waals surface area contributed by atoms with E-state index in [0.29, 0.717) is 23.7 Å². The van der Waals surface area contributed by atoms with Gasteiger partial charge in [0.05, 0.1) is 5.69 Å². The molecule has 84 valence electrons. The number of nitrogen functional groups attached to an aromatic ring is 1. The van der Waals surface area contributed by atoms with E-state index in [2.05, 4.69) is 14.9 Å². The molecule has 0 bridgehead atoms. The molecule has 0 saturated heterocycles. The normalized spacial score (nSPS) is 10.4. The fourth-order valence-electron chi connectivity index (χ4n) is 1.31. The molecule has 5 nitrogen and oxygen atoms in total. The van der Waals surface area contributed by atoms with Crippen LogP contribution >= 0.6 is 0 Å². The van der Waals surface area contributed by atoms with Gasteiger partial charge in [0.1, 0.15) is 23.7 Å². The number of hydrogen-bond donors (Lipinski definition) is 1. The first kappa shape index (κ1) is 10.5. The van der Waals surface area contributed by atoms with E-state index >= 15 is 0 Å². The molecule has 0 aliphatic carbocycles. The second-order valence-electron chi connectivity index (χ2n) is 3.57. The van der Waals surface area contributed by atoms with E-state index in [0.717, 1.165) is 11.3 Å². The predicted molar refractivity (Wildman–Crippen MR) is 59.0 cm³/mol. The first-order chi connectivity index (χ1) is 7.68.